The van der Waals surface area contributed by atoms with Gasteiger partial charge in [-0.3, -0.25) is 0 Å². The Morgan fingerprint density at radius 1 is 0.818 bits per heavy atom. The van der Waals surface area contributed by atoms with Crippen LogP contribution in [-0.4, -0.2) is 33.7 Å². The van der Waals surface area contributed by atoms with E-state index in [-0.39, 0.29) is 17.4 Å². The molecule has 0 heterocycles. The Kier molecular flexibility index (Phi) is 18.1. The van der Waals surface area contributed by atoms with Gasteiger partial charge in [0.15, 0.2) is 17.4 Å². The Morgan fingerprint density at radius 2 is 1.27 bits per heavy atom. The lowest BCUT2D eigenvalue weighted by Gasteiger charge is -1.97. The molecule has 0 N–H and O–H groups in total. The van der Waals surface area contributed by atoms with Gasteiger partial charge in [-0.05, 0) is 0 Å². The second-order valence-electron chi connectivity index (χ2n) is 3.12. The van der Waals surface area contributed by atoms with Crippen molar-refractivity contribution in [3.05, 3.63) is 0 Å². The van der Waals surface area contributed by atoms with Crippen molar-refractivity contribution in [2.24, 2.45) is 0 Å². The summed E-state index contributed by atoms with van der Waals surface area (Å²) in [5, 5.41) is 1.51. The van der Waals surface area contributed by atoms with Crippen molar-refractivity contribution in [3.63, 3.8) is 0 Å². The van der Waals surface area contributed by atoms with Crippen LogP contribution in [0.3, 0.4) is 0 Å². The highest BCUT2D eigenvalue weighted by Gasteiger charge is 1.87. The predicted octanol–water partition coefficient (Wildman–Crippen LogP) is 1.60. The number of rotatable bonds is 7. The van der Waals surface area contributed by atoms with E-state index in [1.807, 2.05) is 0 Å². The zero-order valence-electron chi connectivity index (χ0n) is 7.66. The van der Waals surface area contributed by atoms with Gasteiger partial charge < -0.3 is 0 Å². The van der Waals surface area contributed by atoms with Crippen molar-refractivity contribution < 1.29 is 0 Å². The lowest BCUT2D eigenvalue weighted by Crippen LogP contribution is -1.78. The molecular weight excluding hydrogens is 162 g/mol. The largest absolute Gasteiger partial charge is 0.211 e. The van der Waals surface area contributed by atoms with E-state index in [2.05, 4.69) is 6.92 Å². The molecule has 2 heteroatoms. The van der Waals surface area contributed by atoms with Gasteiger partial charge in [0.25, 0.3) is 0 Å². The summed E-state index contributed by atoms with van der Waals surface area (Å²) in [6.45, 7) is 2.28. The van der Waals surface area contributed by atoms with Crippen LogP contribution in [0, 0.1) is 0 Å². The average Bonchev–Trinajstić information content (AvgIpc) is 1.97. The highest BCUT2D eigenvalue weighted by molar-refractivity contribution is 6.08. The van der Waals surface area contributed by atoms with Gasteiger partial charge >= 0.3 is 0 Å². The summed E-state index contributed by atoms with van der Waals surface area (Å²) in [6, 6.07) is 0. The highest BCUT2D eigenvalue weighted by Crippen LogP contribution is 2.07. The SMILES string of the molecule is CCCCCCCC[CH2][AlH2].[AlH3]. The summed E-state index contributed by atoms with van der Waals surface area (Å²) in [5.41, 5.74) is 0. The molecule has 0 saturated carbocycles. The smallest absolute Gasteiger partial charge is 0.101 e. The maximum Gasteiger partial charge on any atom is 0.211 e. The van der Waals surface area contributed by atoms with Gasteiger partial charge in [-0.1, -0.05) is 51.9 Å². The Labute approximate surface area is 90.7 Å². The summed E-state index contributed by atoms with van der Waals surface area (Å²) in [5.74, 6) is 0. The van der Waals surface area contributed by atoms with Gasteiger partial charge in [0, 0.05) is 0 Å². The third-order valence-electron chi connectivity index (χ3n) is 1.96. The predicted molar refractivity (Wildman–Crippen MR) is 61.3 cm³/mol. The van der Waals surface area contributed by atoms with Crippen LogP contribution in [0.4, 0.5) is 0 Å². The second-order valence-corrected chi connectivity index (χ2v) is 4.12. The molecule has 0 saturated heterocycles. The first-order valence-electron chi connectivity index (χ1n) is 4.91. The second kappa shape index (κ2) is 13.6. The standard InChI is InChI=1S/C9H19.2Al.5H/c1-3-5-7-9-8-6-4-2;;;;;;;/h1,3-9H2,2H3;;;;;;;. The molecule has 0 radical (unpaired) electrons. The Balaban J connectivity index is 0. The fourth-order valence-electron chi connectivity index (χ4n) is 1.21. The van der Waals surface area contributed by atoms with E-state index in [9.17, 15) is 0 Å². The van der Waals surface area contributed by atoms with E-state index in [4.69, 9.17) is 0 Å². The van der Waals surface area contributed by atoms with Crippen LogP contribution in [0.5, 0.6) is 0 Å². The third kappa shape index (κ3) is 14.0. The van der Waals surface area contributed by atoms with E-state index >= 15 is 0 Å². The topological polar surface area (TPSA) is 0 Å². The Morgan fingerprint density at radius 3 is 1.73 bits per heavy atom. The number of unbranched alkanes of at least 4 members (excludes halogenated alkanes) is 6. The van der Waals surface area contributed by atoms with Gasteiger partial charge in [-0.15, -0.1) is 5.28 Å². The van der Waals surface area contributed by atoms with Gasteiger partial charge in [0.2, 0.25) is 16.3 Å². The highest BCUT2D eigenvalue weighted by atomic mass is 27.0. The molecule has 0 aliphatic carbocycles. The molecule has 0 aliphatic heterocycles. The molecule has 0 atom stereocenters. The van der Waals surface area contributed by atoms with E-state index < -0.39 is 0 Å². The lowest BCUT2D eigenvalue weighted by atomic mass is 10.1. The molecule has 66 valence electrons. The molecule has 0 aromatic carbocycles. The molecule has 0 fully saturated rings. The first-order valence-corrected chi connectivity index (χ1v) is 6.33. The van der Waals surface area contributed by atoms with Gasteiger partial charge in [-0.25, -0.2) is 0 Å². The van der Waals surface area contributed by atoms with Crippen molar-refractivity contribution in [1.29, 1.82) is 0 Å². The minimum absolute atomic E-state index is 0. The molecule has 0 aromatic heterocycles. The van der Waals surface area contributed by atoms with E-state index in [0.29, 0.717) is 0 Å². The molecule has 0 spiro atoms. The van der Waals surface area contributed by atoms with E-state index in [1.54, 1.807) is 0 Å². The quantitative estimate of drug-likeness (QED) is 0.418. The molecule has 0 amide bonds. The average molecular weight is 186 g/mol. The van der Waals surface area contributed by atoms with Crippen molar-refractivity contribution in [2.75, 3.05) is 0 Å². The van der Waals surface area contributed by atoms with Crippen LogP contribution in [0.1, 0.15) is 51.9 Å². The van der Waals surface area contributed by atoms with Crippen molar-refractivity contribution in [2.45, 2.75) is 57.2 Å². The minimum Gasteiger partial charge on any atom is -0.101 e. The van der Waals surface area contributed by atoms with Crippen LogP contribution in [0.25, 0.3) is 0 Å². The van der Waals surface area contributed by atoms with Crippen molar-refractivity contribution in [1.82, 2.24) is 0 Å². The summed E-state index contributed by atoms with van der Waals surface area (Å²) < 4.78 is 0. The third-order valence-corrected chi connectivity index (χ3v) is 2.66. The molecule has 0 bridgehead atoms. The molecule has 11 heavy (non-hydrogen) atoms. The molecular formula is C9H24Al2. The summed E-state index contributed by atoms with van der Waals surface area (Å²) in [6.07, 6.45) is 10.3. The van der Waals surface area contributed by atoms with Crippen molar-refractivity contribution in [3.8, 4) is 0 Å². The van der Waals surface area contributed by atoms with Crippen molar-refractivity contribution >= 4 is 33.7 Å². The first kappa shape index (κ1) is 14.6. The maximum absolute atomic E-state index is 2.28. The zero-order chi connectivity index (χ0) is 7.66. The van der Waals surface area contributed by atoms with Crippen LogP contribution in [0.2, 0.25) is 5.28 Å². The number of hydrogen-bond acceptors (Lipinski definition) is 0. The maximum atomic E-state index is 2.28. The lowest BCUT2D eigenvalue weighted by molar-refractivity contribution is 0.602. The first-order chi connectivity index (χ1) is 4.91. The van der Waals surface area contributed by atoms with Gasteiger partial charge in [0.1, 0.15) is 0 Å². The molecule has 0 unspecified atom stereocenters. The van der Waals surface area contributed by atoms with Crippen LogP contribution in [-0.2, 0) is 0 Å². The Hall–Kier alpha value is 1.06. The molecule has 0 rings (SSSR count). The Bertz CT molecular complexity index is 47.5. The zero-order valence-corrected chi connectivity index (χ0v) is 9.66. The monoisotopic (exact) mass is 186 g/mol. The molecule has 0 aromatic rings. The van der Waals surface area contributed by atoms with Crippen LogP contribution >= 0.6 is 0 Å². The molecule has 0 nitrogen and oxygen atoms in total. The van der Waals surface area contributed by atoms with Crippen LogP contribution < -0.4 is 0 Å². The minimum atomic E-state index is 0. The fourth-order valence-corrected chi connectivity index (χ4v) is 1.71. The fraction of sp³-hybridized carbons (Fsp3) is 1.00. The van der Waals surface area contributed by atoms with Gasteiger partial charge in [0.05, 0.1) is 0 Å². The number of hydrogen-bond donors (Lipinski definition) is 0. The van der Waals surface area contributed by atoms with Crippen LogP contribution in [0.15, 0.2) is 0 Å². The van der Waals surface area contributed by atoms with E-state index in [0.717, 1.165) is 0 Å². The van der Waals surface area contributed by atoms with Gasteiger partial charge in [-0.2, -0.15) is 0 Å². The summed E-state index contributed by atoms with van der Waals surface area (Å²) >= 11 is 1.41. The van der Waals surface area contributed by atoms with E-state index in [1.165, 1.54) is 66.5 Å². The normalized spacial score (nSPS) is 9.18. The summed E-state index contributed by atoms with van der Waals surface area (Å²) in [7, 11) is 0. The molecule has 0 aliphatic rings. The summed E-state index contributed by atoms with van der Waals surface area (Å²) in [4.78, 5) is 0.